The van der Waals surface area contributed by atoms with Gasteiger partial charge in [0.05, 0.1) is 5.69 Å². The van der Waals surface area contributed by atoms with Crippen molar-refractivity contribution in [2.75, 3.05) is 0 Å². The molecule has 0 bridgehead atoms. The molecule has 3 rings (SSSR count). The second-order valence-corrected chi connectivity index (χ2v) is 4.36. The third-order valence-electron chi connectivity index (χ3n) is 2.51. The van der Waals surface area contributed by atoms with E-state index in [4.69, 9.17) is 0 Å². The summed E-state index contributed by atoms with van der Waals surface area (Å²) in [5.41, 5.74) is 3.10. The molecule has 2 heterocycles. The van der Waals surface area contributed by atoms with Crippen molar-refractivity contribution in [3.8, 4) is 11.3 Å². The van der Waals surface area contributed by atoms with Crippen LogP contribution in [0.2, 0.25) is 0 Å². The highest BCUT2D eigenvalue weighted by atomic mass is 32.1. The first kappa shape index (κ1) is 7.94. The van der Waals surface area contributed by atoms with Gasteiger partial charge in [-0.05, 0) is 29.9 Å². The number of hydrogen-bond donors (Lipinski definition) is 1. The number of rotatable bonds is 0. The maximum Gasteiger partial charge on any atom is 0.264 e. The summed E-state index contributed by atoms with van der Waals surface area (Å²) >= 11 is 1.76. The minimum atomic E-state index is -0.109. The summed E-state index contributed by atoms with van der Waals surface area (Å²) in [6.07, 6.45) is 1.96. The lowest BCUT2D eigenvalue weighted by molar-refractivity contribution is 0.895. The SMILES string of the molecule is O=c1cc2c(n[nH]1)-c1ccsc1CC2. The van der Waals surface area contributed by atoms with Gasteiger partial charge in [-0.15, -0.1) is 11.3 Å². The van der Waals surface area contributed by atoms with Crippen LogP contribution >= 0.6 is 11.3 Å². The molecule has 0 atom stereocenters. The molecule has 14 heavy (non-hydrogen) atoms. The maximum atomic E-state index is 11.1. The zero-order valence-electron chi connectivity index (χ0n) is 7.41. The Hall–Kier alpha value is -1.42. The average molecular weight is 204 g/mol. The van der Waals surface area contributed by atoms with Crippen LogP contribution in [0.3, 0.4) is 0 Å². The smallest absolute Gasteiger partial charge is 0.264 e. The monoisotopic (exact) mass is 204 g/mol. The number of aromatic amines is 1. The molecule has 1 N–H and O–H groups in total. The van der Waals surface area contributed by atoms with E-state index in [2.05, 4.69) is 21.6 Å². The van der Waals surface area contributed by atoms with Crippen LogP contribution in [0.5, 0.6) is 0 Å². The number of H-pyrrole nitrogens is 1. The largest absolute Gasteiger partial charge is 0.268 e. The molecule has 2 aromatic rings. The molecule has 1 aliphatic rings. The first-order chi connectivity index (χ1) is 6.84. The molecular weight excluding hydrogens is 196 g/mol. The second-order valence-electron chi connectivity index (χ2n) is 3.36. The number of fused-ring (bicyclic) bond motifs is 3. The van der Waals surface area contributed by atoms with Gasteiger partial charge in [-0.2, -0.15) is 5.10 Å². The first-order valence-corrected chi connectivity index (χ1v) is 5.38. The summed E-state index contributed by atoms with van der Waals surface area (Å²) in [5, 5.41) is 8.67. The highest BCUT2D eigenvalue weighted by Gasteiger charge is 2.18. The molecule has 70 valence electrons. The van der Waals surface area contributed by atoms with Gasteiger partial charge in [0.1, 0.15) is 0 Å². The average Bonchev–Trinajstić information content (AvgIpc) is 2.65. The lowest BCUT2D eigenvalue weighted by atomic mass is 9.96. The van der Waals surface area contributed by atoms with E-state index in [-0.39, 0.29) is 5.56 Å². The quantitative estimate of drug-likeness (QED) is 0.708. The molecule has 0 fully saturated rings. The Balaban J connectivity index is 2.31. The van der Waals surface area contributed by atoms with E-state index in [9.17, 15) is 4.79 Å². The molecule has 0 aliphatic heterocycles. The van der Waals surface area contributed by atoms with E-state index in [1.807, 2.05) is 0 Å². The number of aryl methyl sites for hydroxylation is 2. The van der Waals surface area contributed by atoms with Crippen molar-refractivity contribution < 1.29 is 0 Å². The molecule has 1 aliphatic carbocycles. The number of thiophene rings is 1. The van der Waals surface area contributed by atoms with E-state index >= 15 is 0 Å². The summed E-state index contributed by atoms with van der Waals surface area (Å²) in [6, 6.07) is 3.73. The standard InChI is InChI=1S/C10H8N2OS/c13-9-5-6-1-2-8-7(3-4-14-8)10(6)12-11-9/h3-5H,1-2H2,(H,11,13). The van der Waals surface area contributed by atoms with Crippen LogP contribution in [0.25, 0.3) is 11.3 Å². The third-order valence-corrected chi connectivity index (χ3v) is 3.49. The molecule has 0 saturated heterocycles. The predicted molar refractivity (Wildman–Crippen MR) is 55.6 cm³/mol. The van der Waals surface area contributed by atoms with Gasteiger partial charge >= 0.3 is 0 Å². The van der Waals surface area contributed by atoms with E-state index in [0.717, 1.165) is 24.1 Å². The molecular formula is C10H8N2OS. The lowest BCUT2D eigenvalue weighted by Gasteiger charge is -2.13. The number of nitrogens with zero attached hydrogens (tertiary/aromatic N) is 1. The Bertz CT molecular complexity index is 541. The second kappa shape index (κ2) is 2.78. The minimum absolute atomic E-state index is 0.109. The van der Waals surface area contributed by atoms with Gasteiger partial charge in [0.2, 0.25) is 0 Å². The van der Waals surface area contributed by atoms with Gasteiger partial charge in [0.25, 0.3) is 5.56 Å². The number of hydrogen-bond acceptors (Lipinski definition) is 3. The van der Waals surface area contributed by atoms with Crippen molar-refractivity contribution in [1.82, 2.24) is 10.2 Å². The van der Waals surface area contributed by atoms with Crippen molar-refractivity contribution in [3.05, 3.63) is 38.3 Å². The summed E-state index contributed by atoms with van der Waals surface area (Å²) in [6.45, 7) is 0. The van der Waals surface area contributed by atoms with Crippen LogP contribution in [0.4, 0.5) is 0 Å². The van der Waals surface area contributed by atoms with E-state index in [1.54, 1.807) is 17.4 Å². The molecule has 0 amide bonds. The van der Waals surface area contributed by atoms with Crippen LogP contribution in [-0.2, 0) is 12.8 Å². The molecule has 0 aromatic carbocycles. The number of aromatic nitrogens is 2. The van der Waals surface area contributed by atoms with Crippen molar-refractivity contribution in [2.24, 2.45) is 0 Å². The Kier molecular flexibility index (Phi) is 1.58. The maximum absolute atomic E-state index is 11.1. The van der Waals surface area contributed by atoms with Crippen LogP contribution in [0, 0.1) is 0 Å². The van der Waals surface area contributed by atoms with Crippen LogP contribution in [0.15, 0.2) is 22.3 Å². The minimum Gasteiger partial charge on any atom is -0.268 e. The Morgan fingerprint density at radius 1 is 1.43 bits per heavy atom. The first-order valence-electron chi connectivity index (χ1n) is 4.50. The zero-order chi connectivity index (χ0) is 9.54. The predicted octanol–water partition coefficient (Wildman–Crippen LogP) is 1.60. The van der Waals surface area contributed by atoms with E-state index in [0.29, 0.717) is 0 Å². The van der Waals surface area contributed by atoms with Gasteiger partial charge < -0.3 is 0 Å². The Labute approximate surface area is 84.4 Å². The Morgan fingerprint density at radius 3 is 3.29 bits per heavy atom. The van der Waals surface area contributed by atoms with E-state index < -0.39 is 0 Å². The van der Waals surface area contributed by atoms with Crippen LogP contribution in [0.1, 0.15) is 10.4 Å². The molecule has 4 heteroatoms. The highest BCUT2D eigenvalue weighted by molar-refractivity contribution is 7.10. The zero-order valence-corrected chi connectivity index (χ0v) is 8.23. The lowest BCUT2D eigenvalue weighted by Crippen LogP contribution is -2.13. The van der Waals surface area contributed by atoms with Gasteiger partial charge in [-0.3, -0.25) is 4.79 Å². The number of nitrogens with one attached hydrogen (secondary N) is 1. The molecule has 0 spiro atoms. The topological polar surface area (TPSA) is 45.8 Å². The normalized spacial score (nSPS) is 13.4. The fraction of sp³-hybridized carbons (Fsp3) is 0.200. The van der Waals surface area contributed by atoms with Crippen molar-refractivity contribution in [3.63, 3.8) is 0 Å². The molecule has 3 nitrogen and oxygen atoms in total. The highest BCUT2D eigenvalue weighted by Crippen LogP contribution is 2.33. The molecule has 0 radical (unpaired) electrons. The van der Waals surface area contributed by atoms with Gasteiger partial charge in [-0.25, -0.2) is 5.10 Å². The fourth-order valence-corrected chi connectivity index (χ4v) is 2.74. The summed E-state index contributed by atoms with van der Waals surface area (Å²) in [4.78, 5) is 12.4. The van der Waals surface area contributed by atoms with Crippen LogP contribution < -0.4 is 5.56 Å². The van der Waals surface area contributed by atoms with Crippen molar-refractivity contribution in [2.45, 2.75) is 12.8 Å². The summed E-state index contributed by atoms with van der Waals surface area (Å²) in [7, 11) is 0. The van der Waals surface area contributed by atoms with Crippen LogP contribution in [-0.4, -0.2) is 10.2 Å². The van der Waals surface area contributed by atoms with Gasteiger partial charge in [0.15, 0.2) is 0 Å². The van der Waals surface area contributed by atoms with Crippen molar-refractivity contribution >= 4 is 11.3 Å². The summed E-state index contributed by atoms with van der Waals surface area (Å²) in [5.74, 6) is 0. The van der Waals surface area contributed by atoms with Gasteiger partial charge in [0, 0.05) is 16.5 Å². The van der Waals surface area contributed by atoms with E-state index in [1.165, 1.54) is 10.4 Å². The van der Waals surface area contributed by atoms with Crippen molar-refractivity contribution in [1.29, 1.82) is 0 Å². The fourth-order valence-electron chi connectivity index (χ4n) is 1.86. The summed E-state index contributed by atoms with van der Waals surface area (Å²) < 4.78 is 0. The Morgan fingerprint density at radius 2 is 2.36 bits per heavy atom. The third kappa shape index (κ3) is 1.04. The molecule has 0 saturated carbocycles. The molecule has 2 aromatic heterocycles. The van der Waals surface area contributed by atoms with Gasteiger partial charge in [-0.1, -0.05) is 0 Å². The molecule has 0 unspecified atom stereocenters.